The fourth-order valence-corrected chi connectivity index (χ4v) is 1.60. The number of anilines is 1. The molecule has 0 unspecified atom stereocenters. The molecule has 18 heavy (non-hydrogen) atoms. The van der Waals surface area contributed by atoms with Gasteiger partial charge in [0.15, 0.2) is 5.22 Å². The Morgan fingerprint density at radius 1 is 1.39 bits per heavy atom. The van der Waals surface area contributed by atoms with Gasteiger partial charge in [0.1, 0.15) is 17.3 Å². The van der Waals surface area contributed by atoms with Crippen LogP contribution in [0.15, 0.2) is 34.7 Å². The van der Waals surface area contributed by atoms with Crippen LogP contribution in [0.1, 0.15) is 5.76 Å². The molecule has 2 rings (SSSR count). The minimum absolute atomic E-state index is 0.0903. The standard InChI is InChI=1S/C11H8ClFN2O3/c12-11-4-2-8(18-11)6-14-9-5-7(13)1-3-10(9)15(16)17/h1-5,14H,6H2. The van der Waals surface area contributed by atoms with Gasteiger partial charge in [-0.3, -0.25) is 10.1 Å². The van der Waals surface area contributed by atoms with Crippen molar-refractivity contribution < 1.29 is 13.7 Å². The Morgan fingerprint density at radius 3 is 2.78 bits per heavy atom. The number of rotatable bonds is 4. The highest BCUT2D eigenvalue weighted by Crippen LogP contribution is 2.25. The zero-order valence-corrected chi connectivity index (χ0v) is 9.78. The molecule has 0 spiro atoms. The third kappa shape index (κ3) is 2.78. The summed E-state index contributed by atoms with van der Waals surface area (Å²) in [5.74, 6) is -0.0564. The molecule has 1 aromatic carbocycles. The molecule has 0 fully saturated rings. The van der Waals surface area contributed by atoms with Crippen LogP contribution in [0.4, 0.5) is 15.8 Å². The van der Waals surface area contributed by atoms with Crippen molar-refractivity contribution in [1.82, 2.24) is 0 Å². The summed E-state index contributed by atoms with van der Waals surface area (Å²) < 4.78 is 18.1. The highest BCUT2D eigenvalue weighted by atomic mass is 35.5. The first-order chi connectivity index (χ1) is 8.56. The predicted octanol–water partition coefficient (Wildman–Crippen LogP) is 3.59. The van der Waals surface area contributed by atoms with Gasteiger partial charge in [-0.2, -0.15) is 0 Å². The second kappa shape index (κ2) is 5.05. The van der Waals surface area contributed by atoms with Crippen LogP contribution in [0, 0.1) is 15.9 Å². The lowest BCUT2D eigenvalue weighted by molar-refractivity contribution is -0.384. The SMILES string of the molecule is O=[N+]([O-])c1ccc(F)cc1NCc1ccc(Cl)o1. The van der Waals surface area contributed by atoms with Gasteiger partial charge in [0, 0.05) is 12.1 Å². The number of halogens is 2. The maximum Gasteiger partial charge on any atom is 0.292 e. The van der Waals surface area contributed by atoms with Crippen LogP contribution in [-0.2, 0) is 6.54 Å². The van der Waals surface area contributed by atoms with E-state index in [4.69, 9.17) is 16.0 Å². The van der Waals surface area contributed by atoms with E-state index in [0.717, 1.165) is 18.2 Å². The van der Waals surface area contributed by atoms with E-state index in [-0.39, 0.29) is 23.1 Å². The summed E-state index contributed by atoms with van der Waals surface area (Å²) in [4.78, 5) is 10.2. The smallest absolute Gasteiger partial charge is 0.292 e. The predicted molar refractivity (Wildman–Crippen MR) is 64.1 cm³/mol. The number of nitrogens with one attached hydrogen (secondary N) is 1. The highest BCUT2D eigenvalue weighted by Gasteiger charge is 2.14. The third-order valence-electron chi connectivity index (χ3n) is 2.24. The number of nitrogens with zero attached hydrogens (tertiary/aromatic N) is 1. The Bertz CT molecular complexity index is 585. The van der Waals surface area contributed by atoms with Crippen molar-refractivity contribution in [1.29, 1.82) is 0 Å². The molecule has 0 aliphatic heterocycles. The largest absolute Gasteiger partial charge is 0.448 e. The lowest BCUT2D eigenvalue weighted by Crippen LogP contribution is -2.02. The van der Waals surface area contributed by atoms with Gasteiger partial charge in [-0.15, -0.1) is 0 Å². The van der Waals surface area contributed by atoms with E-state index in [1.165, 1.54) is 0 Å². The van der Waals surface area contributed by atoms with Gasteiger partial charge in [0.25, 0.3) is 5.69 Å². The molecule has 0 amide bonds. The van der Waals surface area contributed by atoms with Crippen LogP contribution in [-0.4, -0.2) is 4.92 Å². The maximum absolute atomic E-state index is 13.0. The number of nitro benzene ring substituents is 1. The van der Waals surface area contributed by atoms with Crippen molar-refractivity contribution in [3.05, 3.63) is 57.2 Å². The van der Waals surface area contributed by atoms with E-state index in [9.17, 15) is 14.5 Å². The Labute approximate surface area is 106 Å². The zero-order chi connectivity index (χ0) is 13.1. The second-order valence-corrected chi connectivity index (χ2v) is 3.85. The second-order valence-electron chi connectivity index (χ2n) is 3.48. The first-order valence-electron chi connectivity index (χ1n) is 4.98. The van der Waals surface area contributed by atoms with Crippen molar-refractivity contribution in [2.24, 2.45) is 0 Å². The van der Waals surface area contributed by atoms with Crippen molar-refractivity contribution in [2.75, 3.05) is 5.32 Å². The van der Waals surface area contributed by atoms with Crippen molar-refractivity contribution in [2.45, 2.75) is 6.54 Å². The number of benzene rings is 1. The van der Waals surface area contributed by atoms with Gasteiger partial charge in [0.05, 0.1) is 11.5 Å². The van der Waals surface area contributed by atoms with Crippen molar-refractivity contribution in [3.63, 3.8) is 0 Å². The molecule has 0 radical (unpaired) electrons. The molecular weight excluding hydrogens is 263 g/mol. The lowest BCUT2D eigenvalue weighted by Gasteiger charge is -2.05. The summed E-state index contributed by atoms with van der Waals surface area (Å²) in [6, 6.07) is 6.38. The molecule has 0 atom stereocenters. The van der Waals surface area contributed by atoms with Crippen LogP contribution >= 0.6 is 11.6 Å². The van der Waals surface area contributed by atoms with E-state index in [2.05, 4.69) is 5.32 Å². The lowest BCUT2D eigenvalue weighted by atomic mass is 10.2. The molecule has 0 saturated heterocycles. The normalized spacial score (nSPS) is 10.3. The molecule has 0 aliphatic carbocycles. The highest BCUT2D eigenvalue weighted by molar-refractivity contribution is 6.28. The summed E-state index contributed by atoms with van der Waals surface area (Å²) in [5, 5.41) is 13.7. The summed E-state index contributed by atoms with van der Waals surface area (Å²) in [6.07, 6.45) is 0. The van der Waals surface area contributed by atoms with Crippen molar-refractivity contribution >= 4 is 23.0 Å². The average Bonchev–Trinajstić information content (AvgIpc) is 2.72. The minimum atomic E-state index is -0.586. The first-order valence-corrected chi connectivity index (χ1v) is 5.36. The molecular formula is C11H8ClFN2O3. The molecule has 0 aliphatic rings. The summed E-state index contributed by atoms with van der Waals surface area (Å²) in [5.41, 5.74) is -0.110. The number of nitro groups is 1. The Morgan fingerprint density at radius 2 is 2.17 bits per heavy atom. The summed E-state index contributed by atoms with van der Waals surface area (Å²) in [7, 11) is 0. The Hall–Kier alpha value is -2.08. The number of furan rings is 1. The van der Waals surface area contributed by atoms with Gasteiger partial charge in [-0.1, -0.05) is 0 Å². The molecule has 2 aromatic rings. The van der Waals surface area contributed by atoms with Gasteiger partial charge >= 0.3 is 0 Å². The van der Waals surface area contributed by atoms with Crippen LogP contribution < -0.4 is 5.32 Å². The number of hydrogen-bond acceptors (Lipinski definition) is 4. The van der Waals surface area contributed by atoms with E-state index in [1.54, 1.807) is 12.1 Å². The Kier molecular flexibility index (Phi) is 3.47. The molecule has 1 heterocycles. The van der Waals surface area contributed by atoms with Crippen LogP contribution in [0.25, 0.3) is 0 Å². The van der Waals surface area contributed by atoms with Crippen LogP contribution in [0.5, 0.6) is 0 Å². The quantitative estimate of drug-likeness (QED) is 0.681. The van der Waals surface area contributed by atoms with E-state index in [0.29, 0.717) is 5.76 Å². The van der Waals surface area contributed by atoms with Gasteiger partial charge in [-0.25, -0.2) is 4.39 Å². The first kappa shape index (κ1) is 12.4. The van der Waals surface area contributed by atoms with Crippen LogP contribution in [0.3, 0.4) is 0 Å². The molecule has 1 aromatic heterocycles. The van der Waals surface area contributed by atoms with Gasteiger partial charge in [0.2, 0.25) is 0 Å². The average molecular weight is 271 g/mol. The van der Waals surface area contributed by atoms with E-state index >= 15 is 0 Å². The molecule has 0 bridgehead atoms. The summed E-state index contributed by atoms with van der Waals surface area (Å²) >= 11 is 5.59. The number of hydrogen-bond donors (Lipinski definition) is 1. The van der Waals surface area contributed by atoms with Gasteiger partial charge < -0.3 is 9.73 Å². The molecule has 7 heteroatoms. The van der Waals surface area contributed by atoms with Gasteiger partial charge in [-0.05, 0) is 29.8 Å². The fourth-order valence-electron chi connectivity index (χ4n) is 1.44. The van der Waals surface area contributed by atoms with E-state index in [1.807, 2.05) is 0 Å². The monoisotopic (exact) mass is 270 g/mol. The topological polar surface area (TPSA) is 68.3 Å². The minimum Gasteiger partial charge on any atom is -0.448 e. The zero-order valence-electron chi connectivity index (χ0n) is 9.02. The third-order valence-corrected chi connectivity index (χ3v) is 2.44. The summed E-state index contributed by atoms with van der Waals surface area (Å²) in [6.45, 7) is 0.178. The molecule has 1 N–H and O–H groups in total. The fraction of sp³-hybridized carbons (Fsp3) is 0.0909. The van der Waals surface area contributed by atoms with E-state index < -0.39 is 10.7 Å². The molecule has 94 valence electrons. The molecule has 5 nitrogen and oxygen atoms in total. The molecule has 0 saturated carbocycles. The van der Waals surface area contributed by atoms with Crippen LogP contribution in [0.2, 0.25) is 5.22 Å². The van der Waals surface area contributed by atoms with Crippen molar-refractivity contribution in [3.8, 4) is 0 Å². The maximum atomic E-state index is 13.0. The Balaban J connectivity index is 2.17.